The highest BCUT2D eigenvalue weighted by Crippen LogP contribution is 2.36. The van der Waals surface area contributed by atoms with E-state index in [1.165, 1.54) is 71.1 Å². The summed E-state index contributed by atoms with van der Waals surface area (Å²) < 4.78 is 0. The molecule has 3 atom stereocenters. The highest BCUT2D eigenvalue weighted by atomic mass is 15.2. The minimum atomic E-state index is 0.879. The molecule has 2 bridgehead atoms. The van der Waals surface area contributed by atoms with Crippen LogP contribution in [0.3, 0.4) is 0 Å². The van der Waals surface area contributed by atoms with Gasteiger partial charge in [-0.15, -0.1) is 0 Å². The van der Waals surface area contributed by atoms with Crippen molar-refractivity contribution in [1.82, 2.24) is 15.1 Å². The molecule has 20 heavy (non-hydrogen) atoms. The number of rotatable bonds is 5. The number of nitrogens with zero attached hydrogens (tertiary/aromatic N) is 2. The van der Waals surface area contributed by atoms with Gasteiger partial charge in [0.15, 0.2) is 0 Å². The zero-order valence-corrected chi connectivity index (χ0v) is 13.5. The molecule has 3 saturated heterocycles. The van der Waals surface area contributed by atoms with E-state index in [-0.39, 0.29) is 0 Å². The summed E-state index contributed by atoms with van der Waals surface area (Å²) in [7, 11) is 2.37. The van der Waals surface area contributed by atoms with Gasteiger partial charge in [-0.2, -0.15) is 0 Å². The molecule has 3 aliphatic heterocycles. The predicted octanol–water partition coefficient (Wildman–Crippen LogP) is 2.32. The molecule has 3 aliphatic rings. The Labute approximate surface area is 125 Å². The van der Waals surface area contributed by atoms with Crippen molar-refractivity contribution in [2.75, 3.05) is 33.2 Å². The Balaban J connectivity index is 1.48. The van der Waals surface area contributed by atoms with Gasteiger partial charge >= 0.3 is 0 Å². The average Bonchev–Trinajstić information content (AvgIpc) is 2.87. The number of likely N-dealkylation sites (tertiary alicyclic amines) is 1. The van der Waals surface area contributed by atoms with Crippen LogP contribution >= 0.6 is 0 Å². The minimum Gasteiger partial charge on any atom is -0.316 e. The Kier molecular flexibility index (Phi) is 5.00. The van der Waals surface area contributed by atoms with Gasteiger partial charge < -0.3 is 10.2 Å². The van der Waals surface area contributed by atoms with Crippen molar-refractivity contribution in [2.45, 2.75) is 70.0 Å². The average molecular weight is 279 g/mol. The van der Waals surface area contributed by atoms with Gasteiger partial charge in [-0.05, 0) is 71.1 Å². The number of fused-ring (bicyclic) bond motifs is 2. The van der Waals surface area contributed by atoms with Gasteiger partial charge in [0.1, 0.15) is 0 Å². The first-order chi connectivity index (χ1) is 9.78. The van der Waals surface area contributed by atoms with Crippen LogP contribution in [0.5, 0.6) is 0 Å². The quantitative estimate of drug-likeness (QED) is 0.779. The van der Waals surface area contributed by atoms with E-state index >= 15 is 0 Å². The molecule has 3 rings (SSSR count). The first-order valence-electron chi connectivity index (χ1n) is 8.94. The third kappa shape index (κ3) is 3.20. The minimum absolute atomic E-state index is 0.879. The van der Waals surface area contributed by atoms with Crippen LogP contribution in [0.15, 0.2) is 0 Å². The lowest BCUT2D eigenvalue weighted by Gasteiger charge is -2.49. The van der Waals surface area contributed by atoms with Crippen molar-refractivity contribution in [2.24, 2.45) is 5.92 Å². The molecule has 3 fully saturated rings. The fourth-order valence-electron chi connectivity index (χ4n) is 4.73. The molecule has 3 nitrogen and oxygen atoms in total. The molecule has 0 radical (unpaired) electrons. The van der Waals surface area contributed by atoms with Gasteiger partial charge in [-0.1, -0.05) is 13.3 Å². The number of hydrogen-bond donors (Lipinski definition) is 1. The predicted molar refractivity (Wildman–Crippen MR) is 85.1 cm³/mol. The van der Waals surface area contributed by atoms with Gasteiger partial charge in [0, 0.05) is 24.7 Å². The molecule has 0 amide bonds. The lowest BCUT2D eigenvalue weighted by molar-refractivity contribution is 0.0149. The molecule has 0 aliphatic carbocycles. The summed E-state index contributed by atoms with van der Waals surface area (Å²) in [5.41, 5.74) is 0. The maximum absolute atomic E-state index is 3.61. The van der Waals surface area contributed by atoms with Crippen LogP contribution in [0, 0.1) is 5.92 Å². The fourth-order valence-corrected chi connectivity index (χ4v) is 4.73. The van der Waals surface area contributed by atoms with E-state index in [4.69, 9.17) is 0 Å². The molecule has 3 unspecified atom stereocenters. The van der Waals surface area contributed by atoms with E-state index in [2.05, 4.69) is 29.1 Å². The van der Waals surface area contributed by atoms with Gasteiger partial charge in [-0.3, -0.25) is 4.90 Å². The molecule has 0 saturated carbocycles. The van der Waals surface area contributed by atoms with Gasteiger partial charge in [0.25, 0.3) is 0 Å². The highest BCUT2D eigenvalue weighted by Gasteiger charge is 2.39. The topological polar surface area (TPSA) is 18.5 Å². The summed E-state index contributed by atoms with van der Waals surface area (Å²) in [5, 5.41) is 3.61. The Bertz CT molecular complexity index is 293. The lowest BCUT2D eigenvalue weighted by atomic mass is 9.82. The Hall–Kier alpha value is -0.120. The van der Waals surface area contributed by atoms with Crippen LogP contribution in [0.2, 0.25) is 0 Å². The van der Waals surface area contributed by atoms with E-state index in [1.54, 1.807) is 0 Å². The molecule has 0 spiro atoms. The number of nitrogens with one attached hydrogen (secondary N) is 1. The second kappa shape index (κ2) is 6.76. The fraction of sp³-hybridized carbons (Fsp3) is 1.00. The Morgan fingerprint density at radius 1 is 1.05 bits per heavy atom. The summed E-state index contributed by atoms with van der Waals surface area (Å²) in [6.07, 6.45) is 9.89. The van der Waals surface area contributed by atoms with Crippen LogP contribution in [0.1, 0.15) is 51.9 Å². The van der Waals surface area contributed by atoms with Crippen LogP contribution in [0.4, 0.5) is 0 Å². The van der Waals surface area contributed by atoms with Crippen LogP contribution in [-0.2, 0) is 0 Å². The summed E-state index contributed by atoms with van der Waals surface area (Å²) >= 11 is 0. The highest BCUT2D eigenvalue weighted by molar-refractivity contribution is 4.96. The van der Waals surface area contributed by atoms with Crippen LogP contribution in [-0.4, -0.2) is 61.2 Å². The Morgan fingerprint density at radius 2 is 1.80 bits per heavy atom. The zero-order chi connectivity index (χ0) is 13.9. The van der Waals surface area contributed by atoms with Crippen molar-refractivity contribution in [3.63, 3.8) is 0 Å². The SMILES string of the molecule is CCCNCC1CCN(C2CC3CCCC(C2)N3C)C1. The maximum atomic E-state index is 3.61. The lowest BCUT2D eigenvalue weighted by Crippen LogP contribution is -2.55. The normalized spacial score (nSPS) is 39.3. The van der Waals surface area contributed by atoms with Crippen molar-refractivity contribution in [3.05, 3.63) is 0 Å². The third-order valence-corrected chi connectivity index (χ3v) is 6.01. The van der Waals surface area contributed by atoms with Crippen molar-refractivity contribution in [3.8, 4) is 0 Å². The first kappa shape index (κ1) is 14.8. The van der Waals surface area contributed by atoms with Crippen molar-refractivity contribution in [1.29, 1.82) is 0 Å². The first-order valence-corrected chi connectivity index (χ1v) is 8.94. The standard InChI is InChI=1S/C17H33N3/c1-3-8-18-12-14-7-9-20(13-14)17-10-15-5-4-6-16(11-17)19(15)2/h14-18H,3-13H2,1-2H3. The summed E-state index contributed by atoms with van der Waals surface area (Å²) in [4.78, 5) is 5.52. The van der Waals surface area contributed by atoms with Crippen molar-refractivity contribution >= 4 is 0 Å². The molecular weight excluding hydrogens is 246 g/mol. The van der Waals surface area contributed by atoms with E-state index in [1.807, 2.05) is 0 Å². The molecule has 0 aromatic rings. The van der Waals surface area contributed by atoms with Gasteiger partial charge in [0.05, 0.1) is 0 Å². The molecule has 116 valence electrons. The summed E-state index contributed by atoms with van der Waals surface area (Å²) in [6, 6.07) is 2.65. The zero-order valence-electron chi connectivity index (χ0n) is 13.5. The van der Waals surface area contributed by atoms with E-state index in [0.29, 0.717) is 0 Å². The Morgan fingerprint density at radius 3 is 2.50 bits per heavy atom. The summed E-state index contributed by atoms with van der Waals surface area (Å²) in [5.74, 6) is 0.904. The molecule has 1 N–H and O–H groups in total. The number of piperidine rings is 2. The molecule has 0 aromatic carbocycles. The monoisotopic (exact) mass is 279 g/mol. The van der Waals surface area contributed by atoms with E-state index < -0.39 is 0 Å². The number of hydrogen-bond acceptors (Lipinski definition) is 3. The second-order valence-electron chi connectivity index (χ2n) is 7.38. The maximum Gasteiger partial charge on any atom is 0.0125 e. The second-order valence-corrected chi connectivity index (χ2v) is 7.38. The molecular formula is C17H33N3. The largest absolute Gasteiger partial charge is 0.316 e. The van der Waals surface area contributed by atoms with Gasteiger partial charge in [0.2, 0.25) is 0 Å². The molecule has 0 aromatic heterocycles. The molecule has 3 heteroatoms. The smallest absolute Gasteiger partial charge is 0.0125 e. The van der Waals surface area contributed by atoms with Crippen molar-refractivity contribution < 1.29 is 0 Å². The molecule has 3 heterocycles. The van der Waals surface area contributed by atoms with Gasteiger partial charge in [-0.25, -0.2) is 0 Å². The van der Waals surface area contributed by atoms with Crippen LogP contribution in [0.25, 0.3) is 0 Å². The van der Waals surface area contributed by atoms with E-state index in [0.717, 1.165) is 24.0 Å². The third-order valence-electron chi connectivity index (χ3n) is 6.01. The van der Waals surface area contributed by atoms with Crippen LogP contribution < -0.4 is 5.32 Å². The summed E-state index contributed by atoms with van der Waals surface area (Å²) in [6.45, 7) is 7.39. The van der Waals surface area contributed by atoms with E-state index in [9.17, 15) is 0 Å².